The topological polar surface area (TPSA) is 30.7 Å². The Labute approximate surface area is 104 Å². The summed E-state index contributed by atoms with van der Waals surface area (Å²) < 4.78 is 1.89. The maximum atomic E-state index is 4.40. The Bertz CT molecular complexity index is 517. The molecular weight excluding hydrogens is 266 g/mol. The fraction of sp³-hybridized carbons (Fsp3) is 0.333. The van der Waals surface area contributed by atoms with Gasteiger partial charge in [-0.1, -0.05) is 33.6 Å². The van der Waals surface area contributed by atoms with Crippen LogP contribution in [0.15, 0.2) is 18.2 Å². The predicted molar refractivity (Wildman–Crippen MR) is 68.2 cm³/mol. The average Bonchev–Trinajstić information content (AvgIpc) is 2.57. The molecule has 1 heterocycles. The highest BCUT2D eigenvalue weighted by Crippen LogP contribution is 2.19. The van der Waals surface area contributed by atoms with Gasteiger partial charge in [-0.2, -0.15) is 5.10 Å². The molecule has 1 aromatic carbocycles. The Morgan fingerprint density at radius 3 is 2.56 bits per heavy atom. The van der Waals surface area contributed by atoms with Gasteiger partial charge in [0.1, 0.15) is 11.6 Å². The number of rotatable bonds is 2. The molecule has 84 valence electrons. The SMILES string of the molecule is Cc1ccc(-n2nc(C)nc2C)c(CBr)c1. The zero-order valence-electron chi connectivity index (χ0n) is 9.66. The zero-order valence-corrected chi connectivity index (χ0v) is 11.2. The van der Waals surface area contributed by atoms with Crippen molar-refractivity contribution in [3.8, 4) is 5.69 Å². The smallest absolute Gasteiger partial charge is 0.148 e. The first-order chi connectivity index (χ1) is 7.61. The number of aromatic nitrogens is 3. The Balaban J connectivity index is 2.59. The van der Waals surface area contributed by atoms with Crippen LogP contribution in [0.2, 0.25) is 0 Å². The molecule has 4 heteroatoms. The molecule has 0 saturated carbocycles. The van der Waals surface area contributed by atoms with Crippen molar-refractivity contribution in [2.75, 3.05) is 0 Å². The van der Waals surface area contributed by atoms with Crippen molar-refractivity contribution in [3.05, 3.63) is 41.0 Å². The first-order valence-corrected chi connectivity index (χ1v) is 6.30. The highest BCUT2D eigenvalue weighted by atomic mass is 79.9. The second-order valence-corrected chi connectivity index (χ2v) is 4.44. The summed E-state index contributed by atoms with van der Waals surface area (Å²) in [6.45, 7) is 5.97. The van der Waals surface area contributed by atoms with Crippen LogP contribution in [-0.2, 0) is 5.33 Å². The molecule has 0 aliphatic carbocycles. The fourth-order valence-electron chi connectivity index (χ4n) is 1.78. The molecule has 2 rings (SSSR count). The summed E-state index contributed by atoms with van der Waals surface area (Å²) in [7, 11) is 0. The van der Waals surface area contributed by atoms with Gasteiger partial charge in [0, 0.05) is 5.33 Å². The Hall–Kier alpha value is -1.16. The molecule has 0 radical (unpaired) electrons. The number of benzene rings is 1. The summed E-state index contributed by atoms with van der Waals surface area (Å²) >= 11 is 3.51. The summed E-state index contributed by atoms with van der Waals surface area (Å²) in [5.74, 6) is 1.72. The van der Waals surface area contributed by atoms with Gasteiger partial charge in [-0.15, -0.1) is 0 Å². The maximum Gasteiger partial charge on any atom is 0.148 e. The number of hydrogen-bond acceptors (Lipinski definition) is 2. The van der Waals surface area contributed by atoms with E-state index in [1.54, 1.807) is 0 Å². The third-order valence-electron chi connectivity index (χ3n) is 2.48. The van der Waals surface area contributed by atoms with E-state index in [0.717, 1.165) is 22.7 Å². The van der Waals surface area contributed by atoms with Crippen molar-refractivity contribution in [1.82, 2.24) is 14.8 Å². The molecule has 2 aromatic rings. The van der Waals surface area contributed by atoms with Crippen LogP contribution in [0.25, 0.3) is 5.69 Å². The number of hydrogen-bond donors (Lipinski definition) is 0. The summed E-state index contributed by atoms with van der Waals surface area (Å²) in [5.41, 5.74) is 3.58. The van der Waals surface area contributed by atoms with Crippen LogP contribution in [0.3, 0.4) is 0 Å². The molecule has 0 aliphatic heterocycles. The molecule has 0 amide bonds. The summed E-state index contributed by atoms with van der Waals surface area (Å²) in [6.07, 6.45) is 0. The van der Waals surface area contributed by atoms with Crippen molar-refractivity contribution in [1.29, 1.82) is 0 Å². The minimum atomic E-state index is 0.804. The Morgan fingerprint density at radius 1 is 1.25 bits per heavy atom. The first-order valence-electron chi connectivity index (χ1n) is 5.18. The van der Waals surface area contributed by atoms with Crippen LogP contribution in [0.5, 0.6) is 0 Å². The molecule has 0 saturated heterocycles. The van der Waals surface area contributed by atoms with Crippen LogP contribution in [-0.4, -0.2) is 14.8 Å². The van der Waals surface area contributed by atoms with Crippen LogP contribution in [0.4, 0.5) is 0 Å². The van der Waals surface area contributed by atoms with Crippen LogP contribution in [0, 0.1) is 20.8 Å². The first kappa shape index (κ1) is 11.3. The van der Waals surface area contributed by atoms with E-state index in [1.165, 1.54) is 11.1 Å². The molecule has 0 unspecified atom stereocenters. The van der Waals surface area contributed by atoms with Gasteiger partial charge in [0.25, 0.3) is 0 Å². The van der Waals surface area contributed by atoms with E-state index in [4.69, 9.17) is 0 Å². The van der Waals surface area contributed by atoms with Crippen molar-refractivity contribution in [2.45, 2.75) is 26.1 Å². The third-order valence-corrected chi connectivity index (χ3v) is 3.09. The second-order valence-electron chi connectivity index (χ2n) is 3.88. The van der Waals surface area contributed by atoms with Gasteiger partial charge in [-0.3, -0.25) is 0 Å². The summed E-state index contributed by atoms with van der Waals surface area (Å²) in [4.78, 5) is 4.32. The van der Waals surface area contributed by atoms with Gasteiger partial charge in [0.15, 0.2) is 0 Å². The van der Waals surface area contributed by atoms with E-state index in [0.29, 0.717) is 0 Å². The van der Waals surface area contributed by atoms with E-state index in [1.807, 2.05) is 18.5 Å². The minimum Gasteiger partial charge on any atom is -0.218 e. The monoisotopic (exact) mass is 279 g/mol. The molecule has 0 spiro atoms. The van der Waals surface area contributed by atoms with Crippen molar-refractivity contribution in [3.63, 3.8) is 0 Å². The summed E-state index contributed by atoms with van der Waals surface area (Å²) in [5, 5.41) is 5.23. The quantitative estimate of drug-likeness (QED) is 0.791. The largest absolute Gasteiger partial charge is 0.218 e. The van der Waals surface area contributed by atoms with E-state index >= 15 is 0 Å². The standard InChI is InChI=1S/C12H14BrN3/c1-8-4-5-12(11(6-8)7-13)16-10(3)14-9(2)15-16/h4-6H,7H2,1-3H3. The van der Waals surface area contributed by atoms with Gasteiger partial charge >= 0.3 is 0 Å². The highest BCUT2D eigenvalue weighted by Gasteiger charge is 2.09. The molecular formula is C12H14BrN3. The van der Waals surface area contributed by atoms with Gasteiger partial charge < -0.3 is 0 Å². The lowest BCUT2D eigenvalue weighted by Gasteiger charge is -2.09. The molecule has 0 bridgehead atoms. The van der Waals surface area contributed by atoms with Crippen LogP contribution >= 0.6 is 15.9 Å². The van der Waals surface area contributed by atoms with Gasteiger partial charge in [-0.25, -0.2) is 9.67 Å². The normalized spacial score (nSPS) is 10.8. The second kappa shape index (κ2) is 4.37. The average molecular weight is 280 g/mol. The number of alkyl halides is 1. The molecule has 0 aliphatic rings. The molecule has 1 aromatic heterocycles. The van der Waals surface area contributed by atoms with Gasteiger partial charge in [-0.05, 0) is 32.4 Å². The van der Waals surface area contributed by atoms with Crippen molar-refractivity contribution >= 4 is 15.9 Å². The van der Waals surface area contributed by atoms with E-state index in [-0.39, 0.29) is 0 Å². The van der Waals surface area contributed by atoms with Crippen molar-refractivity contribution < 1.29 is 0 Å². The lowest BCUT2D eigenvalue weighted by molar-refractivity contribution is 0.824. The van der Waals surface area contributed by atoms with Crippen molar-refractivity contribution in [2.24, 2.45) is 0 Å². The lowest BCUT2D eigenvalue weighted by Crippen LogP contribution is -2.03. The van der Waals surface area contributed by atoms with Gasteiger partial charge in [0.05, 0.1) is 5.69 Å². The van der Waals surface area contributed by atoms with E-state index in [2.05, 4.69) is 51.1 Å². The number of nitrogens with zero attached hydrogens (tertiary/aromatic N) is 3. The van der Waals surface area contributed by atoms with Gasteiger partial charge in [0.2, 0.25) is 0 Å². The number of halogens is 1. The third kappa shape index (κ3) is 2.02. The van der Waals surface area contributed by atoms with E-state index < -0.39 is 0 Å². The molecule has 0 fully saturated rings. The Morgan fingerprint density at radius 2 is 2.00 bits per heavy atom. The highest BCUT2D eigenvalue weighted by molar-refractivity contribution is 9.08. The van der Waals surface area contributed by atoms with E-state index in [9.17, 15) is 0 Å². The lowest BCUT2D eigenvalue weighted by atomic mass is 10.1. The predicted octanol–water partition coefficient (Wildman–Crippen LogP) is 3.09. The molecule has 16 heavy (non-hydrogen) atoms. The van der Waals surface area contributed by atoms with Crippen LogP contribution in [0.1, 0.15) is 22.8 Å². The molecule has 3 nitrogen and oxygen atoms in total. The number of aryl methyl sites for hydroxylation is 3. The maximum absolute atomic E-state index is 4.40. The minimum absolute atomic E-state index is 0.804. The van der Waals surface area contributed by atoms with Crippen LogP contribution < -0.4 is 0 Å². The fourth-order valence-corrected chi connectivity index (χ4v) is 2.23. The molecule has 0 atom stereocenters. The zero-order chi connectivity index (χ0) is 11.7. The summed E-state index contributed by atoms with van der Waals surface area (Å²) in [6, 6.07) is 6.35. The Kier molecular flexibility index (Phi) is 3.10. The molecule has 0 N–H and O–H groups in total.